The maximum Gasteiger partial charge on any atom is 0.408 e. The van der Waals surface area contributed by atoms with E-state index >= 15 is 0 Å². The average Bonchev–Trinajstić information content (AvgIpc) is 3.35. The van der Waals surface area contributed by atoms with Gasteiger partial charge in [0.1, 0.15) is 29.8 Å². The minimum Gasteiger partial charge on any atom is -0.459 e. The Morgan fingerprint density at radius 3 is 2.28 bits per heavy atom. The van der Waals surface area contributed by atoms with Crippen LogP contribution in [0.3, 0.4) is 0 Å². The van der Waals surface area contributed by atoms with Gasteiger partial charge in [-0.2, -0.15) is 0 Å². The van der Waals surface area contributed by atoms with Crippen molar-refractivity contribution in [1.82, 2.24) is 15.5 Å². The lowest BCUT2D eigenvalue weighted by atomic mass is 9.84. The van der Waals surface area contributed by atoms with E-state index in [9.17, 15) is 19.2 Å². The van der Waals surface area contributed by atoms with Crippen LogP contribution in [0.5, 0.6) is 0 Å². The van der Waals surface area contributed by atoms with Crippen molar-refractivity contribution < 1.29 is 28.7 Å². The number of nitrogens with zero attached hydrogens (tertiary/aromatic N) is 1. The zero-order chi connectivity index (χ0) is 28.0. The first-order chi connectivity index (χ1) is 18.6. The molecule has 39 heavy (non-hydrogen) atoms. The summed E-state index contributed by atoms with van der Waals surface area (Å²) < 4.78 is 11.0. The highest BCUT2D eigenvalue weighted by atomic mass is 16.6. The summed E-state index contributed by atoms with van der Waals surface area (Å²) in [7, 11) is 0. The molecule has 0 saturated carbocycles. The Morgan fingerprint density at radius 2 is 1.64 bits per heavy atom. The average molecular weight is 536 g/mol. The number of rotatable bonds is 8. The smallest absolute Gasteiger partial charge is 0.408 e. The molecule has 0 unspecified atom stereocenters. The summed E-state index contributed by atoms with van der Waals surface area (Å²) in [6, 6.07) is 17.0. The third-order valence-corrected chi connectivity index (χ3v) is 7.10. The molecule has 4 rings (SSSR count). The minimum atomic E-state index is -1.01. The van der Waals surface area contributed by atoms with Crippen molar-refractivity contribution in [3.8, 4) is 0 Å². The number of nitrogens with one attached hydrogen (secondary N) is 2. The van der Waals surface area contributed by atoms with Crippen molar-refractivity contribution in [2.24, 2.45) is 0 Å². The Balaban J connectivity index is 1.43. The van der Waals surface area contributed by atoms with Gasteiger partial charge in [-0.15, -0.1) is 0 Å². The summed E-state index contributed by atoms with van der Waals surface area (Å²) in [5, 5.41) is 5.49. The molecule has 0 aromatic heterocycles. The summed E-state index contributed by atoms with van der Waals surface area (Å²) >= 11 is 0. The zero-order valence-corrected chi connectivity index (χ0v) is 22.8. The molecule has 2 aromatic rings. The Morgan fingerprint density at radius 1 is 1.00 bits per heavy atom. The summed E-state index contributed by atoms with van der Waals surface area (Å²) in [6.07, 6.45) is 1.42. The normalized spacial score (nSPS) is 21.5. The number of esters is 1. The van der Waals surface area contributed by atoms with E-state index in [-0.39, 0.29) is 18.9 Å². The third-order valence-electron chi connectivity index (χ3n) is 7.10. The van der Waals surface area contributed by atoms with Crippen LogP contribution in [0, 0.1) is 0 Å². The monoisotopic (exact) mass is 535 g/mol. The number of benzene rings is 2. The molecule has 3 amide bonds. The van der Waals surface area contributed by atoms with Crippen LogP contribution in [0.25, 0.3) is 0 Å². The lowest BCUT2D eigenvalue weighted by Crippen LogP contribution is -2.64. The Kier molecular flexibility index (Phi) is 8.57. The Bertz CT molecular complexity index is 1180. The number of piperidine rings is 1. The van der Waals surface area contributed by atoms with Crippen LogP contribution in [0.15, 0.2) is 60.7 Å². The largest absolute Gasteiger partial charge is 0.459 e. The lowest BCUT2D eigenvalue weighted by Gasteiger charge is -2.43. The molecule has 0 bridgehead atoms. The van der Waals surface area contributed by atoms with Gasteiger partial charge in [-0.25, -0.2) is 9.59 Å². The van der Waals surface area contributed by atoms with Crippen LogP contribution in [0.1, 0.15) is 57.6 Å². The first-order valence-corrected chi connectivity index (χ1v) is 13.4. The summed E-state index contributed by atoms with van der Waals surface area (Å²) in [4.78, 5) is 54.2. The number of ether oxygens (including phenoxy) is 2. The van der Waals surface area contributed by atoms with Gasteiger partial charge in [0, 0.05) is 13.0 Å². The molecule has 2 aliphatic heterocycles. The molecular weight excluding hydrogens is 498 g/mol. The standard InChI is InChI=1S/C30H37N3O6/c1-29(2,3)39-28(37)32-24(19-21-11-6-4-7-12-21)25(34)31-23-15-17-30(16-10-18-33(30)26(23)35)27(36)38-20-22-13-8-5-9-14-22/h4-9,11-14,23-24H,10,15-20H2,1-3H3,(H,31,34)(H,32,37)/t23-,24-,30-/m1/s1. The second-order valence-corrected chi connectivity index (χ2v) is 11.2. The van der Waals surface area contributed by atoms with E-state index in [2.05, 4.69) is 10.6 Å². The highest BCUT2D eigenvalue weighted by Crippen LogP contribution is 2.39. The maximum absolute atomic E-state index is 13.5. The van der Waals surface area contributed by atoms with Crippen LogP contribution < -0.4 is 10.6 Å². The number of hydrogen-bond donors (Lipinski definition) is 2. The molecule has 0 aliphatic carbocycles. The van der Waals surface area contributed by atoms with E-state index in [1.165, 1.54) is 0 Å². The van der Waals surface area contributed by atoms with Crippen molar-refractivity contribution in [1.29, 1.82) is 0 Å². The number of amides is 3. The van der Waals surface area contributed by atoms with E-state index in [0.29, 0.717) is 32.2 Å². The van der Waals surface area contributed by atoms with E-state index in [4.69, 9.17) is 9.47 Å². The molecule has 9 nitrogen and oxygen atoms in total. The van der Waals surface area contributed by atoms with Gasteiger partial charge in [0.25, 0.3) is 0 Å². The first kappa shape index (κ1) is 28.1. The number of carbonyl (C=O) groups is 4. The van der Waals surface area contributed by atoms with Gasteiger partial charge in [0.05, 0.1) is 0 Å². The summed E-state index contributed by atoms with van der Waals surface area (Å²) in [5.41, 5.74) is -0.0131. The van der Waals surface area contributed by atoms with Gasteiger partial charge in [0.15, 0.2) is 0 Å². The second kappa shape index (κ2) is 11.9. The molecule has 208 valence electrons. The quantitative estimate of drug-likeness (QED) is 0.500. The van der Waals surface area contributed by atoms with E-state index in [0.717, 1.165) is 11.1 Å². The molecule has 9 heteroatoms. The van der Waals surface area contributed by atoms with Gasteiger partial charge < -0.3 is 25.0 Å². The van der Waals surface area contributed by atoms with E-state index < -0.39 is 41.2 Å². The fraction of sp³-hybridized carbons (Fsp3) is 0.467. The topological polar surface area (TPSA) is 114 Å². The summed E-state index contributed by atoms with van der Waals surface area (Å²) in [6.45, 7) is 5.79. The highest BCUT2D eigenvalue weighted by Gasteiger charge is 2.55. The van der Waals surface area contributed by atoms with Crippen LogP contribution >= 0.6 is 0 Å². The summed E-state index contributed by atoms with van der Waals surface area (Å²) in [5.74, 6) is -1.20. The van der Waals surface area contributed by atoms with Gasteiger partial charge in [-0.05, 0) is 57.6 Å². The van der Waals surface area contributed by atoms with Gasteiger partial charge in [-0.3, -0.25) is 9.59 Å². The second-order valence-electron chi connectivity index (χ2n) is 11.2. The molecule has 2 heterocycles. The number of alkyl carbamates (subject to hydrolysis) is 1. The molecule has 2 saturated heterocycles. The van der Waals surface area contributed by atoms with Crippen molar-refractivity contribution in [2.75, 3.05) is 6.54 Å². The van der Waals surface area contributed by atoms with Crippen molar-refractivity contribution in [3.05, 3.63) is 71.8 Å². The fourth-order valence-corrected chi connectivity index (χ4v) is 5.24. The van der Waals surface area contributed by atoms with Gasteiger partial charge >= 0.3 is 12.1 Å². The van der Waals surface area contributed by atoms with Crippen LogP contribution in [-0.2, 0) is 36.9 Å². The zero-order valence-electron chi connectivity index (χ0n) is 22.8. The molecule has 0 radical (unpaired) electrons. The van der Waals surface area contributed by atoms with E-state index in [1.807, 2.05) is 60.7 Å². The molecule has 2 aromatic carbocycles. The molecular formula is C30H37N3O6. The lowest BCUT2D eigenvalue weighted by molar-refractivity contribution is -0.167. The van der Waals surface area contributed by atoms with Crippen molar-refractivity contribution in [2.45, 2.75) is 82.7 Å². The SMILES string of the molecule is CC(C)(C)OC(=O)N[C@H](Cc1ccccc1)C(=O)N[C@@H]1CC[C@@]2(C(=O)OCc3ccccc3)CCCN2C1=O. The number of hydrogen-bond acceptors (Lipinski definition) is 6. The molecule has 3 atom stereocenters. The molecule has 0 spiro atoms. The first-order valence-electron chi connectivity index (χ1n) is 13.4. The molecule has 2 N–H and O–H groups in total. The Labute approximate surface area is 229 Å². The number of carbonyl (C=O) groups excluding carboxylic acids is 4. The maximum atomic E-state index is 13.5. The van der Waals surface area contributed by atoms with Crippen molar-refractivity contribution >= 4 is 23.9 Å². The predicted molar refractivity (Wildman–Crippen MR) is 144 cm³/mol. The van der Waals surface area contributed by atoms with Crippen LogP contribution in [0.4, 0.5) is 4.79 Å². The molecule has 2 fully saturated rings. The van der Waals surface area contributed by atoms with E-state index in [1.54, 1.807) is 25.7 Å². The number of fused-ring (bicyclic) bond motifs is 1. The Hall–Kier alpha value is -3.88. The predicted octanol–water partition coefficient (Wildman–Crippen LogP) is 3.51. The minimum absolute atomic E-state index is 0.140. The third kappa shape index (κ3) is 6.96. The highest BCUT2D eigenvalue weighted by molar-refractivity contribution is 5.96. The van der Waals surface area contributed by atoms with Gasteiger partial charge in [-0.1, -0.05) is 60.7 Å². The fourth-order valence-electron chi connectivity index (χ4n) is 5.24. The molecule has 2 aliphatic rings. The van der Waals surface area contributed by atoms with Crippen LogP contribution in [-0.4, -0.2) is 58.5 Å². The van der Waals surface area contributed by atoms with Gasteiger partial charge in [0.2, 0.25) is 11.8 Å². The van der Waals surface area contributed by atoms with Crippen LogP contribution in [0.2, 0.25) is 0 Å². The van der Waals surface area contributed by atoms with Crippen molar-refractivity contribution in [3.63, 3.8) is 0 Å².